The molecule has 1 amide bonds. The average Bonchev–Trinajstić information content (AvgIpc) is 2.94. The SMILES string of the molecule is CC(=O)OCCN1C2=NCCN2C(=O)c2cc(C)c(C)cc21. The summed E-state index contributed by atoms with van der Waals surface area (Å²) in [6, 6.07) is 3.94. The molecule has 0 aliphatic carbocycles. The third kappa shape index (κ3) is 2.34. The monoisotopic (exact) mass is 301 g/mol. The molecule has 0 N–H and O–H groups in total. The Hall–Kier alpha value is -2.37. The number of anilines is 1. The van der Waals surface area contributed by atoms with Crippen molar-refractivity contribution in [2.24, 2.45) is 4.99 Å². The van der Waals surface area contributed by atoms with Crippen molar-refractivity contribution in [2.75, 3.05) is 31.1 Å². The van der Waals surface area contributed by atoms with E-state index in [0.29, 0.717) is 31.2 Å². The van der Waals surface area contributed by atoms with Crippen LogP contribution in [0, 0.1) is 13.8 Å². The molecule has 22 heavy (non-hydrogen) atoms. The summed E-state index contributed by atoms with van der Waals surface area (Å²) >= 11 is 0. The van der Waals surface area contributed by atoms with Gasteiger partial charge in [-0.25, -0.2) is 0 Å². The molecule has 2 aliphatic rings. The number of aryl methyl sites for hydroxylation is 2. The molecule has 0 fully saturated rings. The van der Waals surface area contributed by atoms with Crippen molar-refractivity contribution >= 4 is 23.5 Å². The number of rotatable bonds is 3. The number of carbonyl (C=O) groups is 2. The second-order valence-electron chi connectivity index (χ2n) is 5.58. The lowest BCUT2D eigenvalue weighted by atomic mass is 10.0. The molecule has 0 bridgehead atoms. The molecule has 0 spiro atoms. The van der Waals surface area contributed by atoms with Crippen molar-refractivity contribution in [2.45, 2.75) is 20.8 Å². The van der Waals surface area contributed by atoms with Gasteiger partial charge in [-0.3, -0.25) is 19.5 Å². The third-order valence-electron chi connectivity index (χ3n) is 4.06. The number of aliphatic imine (C=N–C) groups is 1. The molecule has 0 aromatic heterocycles. The van der Waals surface area contributed by atoms with Crippen LogP contribution in [0.25, 0.3) is 0 Å². The number of amides is 1. The van der Waals surface area contributed by atoms with Crippen molar-refractivity contribution in [3.05, 3.63) is 28.8 Å². The summed E-state index contributed by atoms with van der Waals surface area (Å²) in [6.45, 7) is 7.37. The number of fused-ring (bicyclic) bond motifs is 2. The fourth-order valence-corrected chi connectivity index (χ4v) is 2.81. The minimum Gasteiger partial charge on any atom is -0.464 e. The molecular weight excluding hydrogens is 282 g/mol. The van der Waals surface area contributed by atoms with Gasteiger partial charge in [0.25, 0.3) is 5.91 Å². The molecule has 2 heterocycles. The molecule has 2 aliphatic heterocycles. The zero-order chi connectivity index (χ0) is 15.9. The topological polar surface area (TPSA) is 62.2 Å². The van der Waals surface area contributed by atoms with Gasteiger partial charge in [-0.2, -0.15) is 0 Å². The molecule has 0 atom stereocenters. The van der Waals surface area contributed by atoms with E-state index in [9.17, 15) is 9.59 Å². The molecule has 6 nitrogen and oxygen atoms in total. The number of guanidine groups is 1. The van der Waals surface area contributed by atoms with Gasteiger partial charge in [0.2, 0.25) is 5.96 Å². The van der Waals surface area contributed by atoms with Gasteiger partial charge in [-0.1, -0.05) is 0 Å². The second kappa shape index (κ2) is 5.44. The summed E-state index contributed by atoms with van der Waals surface area (Å²) in [5, 5.41) is 0. The van der Waals surface area contributed by atoms with E-state index < -0.39 is 0 Å². The maximum atomic E-state index is 12.6. The van der Waals surface area contributed by atoms with Crippen LogP contribution < -0.4 is 4.90 Å². The lowest BCUT2D eigenvalue weighted by molar-refractivity contribution is -0.140. The lowest BCUT2D eigenvalue weighted by Crippen LogP contribution is -2.51. The van der Waals surface area contributed by atoms with Crippen molar-refractivity contribution in [1.29, 1.82) is 0 Å². The largest absolute Gasteiger partial charge is 0.464 e. The van der Waals surface area contributed by atoms with E-state index in [4.69, 9.17) is 4.74 Å². The Bertz CT molecular complexity index is 681. The minimum atomic E-state index is -0.307. The van der Waals surface area contributed by atoms with Crippen LogP contribution in [0.5, 0.6) is 0 Å². The normalized spacial score (nSPS) is 16.3. The summed E-state index contributed by atoms with van der Waals surface area (Å²) < 4.78 is 5.05. The van der Waals surface area contributed by atoms with E-state index >= 15 is 0 Å². The minimum absolute atomic E-state index is 0.00177. The van der Waals surface area contributed by atoms with E-state index in [-0.39, 0.29) is 18.5 Å². The van der Waals surface area contributed by atoms with Crippen LogP contribution in [0.1, 0.15) is 28.4 Å². The molecule has 1 aromatic carbocycles. The van der Waals surface area contributed by atoms with Crippen LogP contribution in [0.15, 0.2) is 17.1 Å². The summed E-state index contributed by atoms with van der Waals surface area (Å²) in [4.78, 5) is 31.7. The Labute approximate surface area is 129 Å². The highest BCUT2D eigenvalue weighted by Crippen LogP contribution is 2.32. The van der Waals surface area contributed by atoms with Crippen molar-refractivity contribution < 1.29 is 14.3 Å². The van der Waals surface area contributed by atoms with E-state index in [2.05, 4.69) is 4.99 Å². The summed E-state index contributed by atoms with van der Waals surface area (Å²) in [5.41, 5.74) is 3.74. The van der Waals surface area contributed by atoms with E-state index in [1.807, 2.05) is 30.9 Å². The molecule has 1 aromatic rings. The van der Waals surface area contributed by atoms with Crippen LogP contribution in [0.3, 0.4) is 0 Å². The van der Waals surface area contributed by atoms with E-state index in [0.717, 1.165) is 16.8 Å². The highest BCUT2D eigenvalue weighted by molar-refractivity contribution is 6.19. The first kappa shape index (κ1) is 14.6. The predicted octanol–water partition coefficient (Wildman–Crippen LogP) is 1.50. The van der Waals surface area contributed by atoms with Crippen LogP contribution >= 0.6 is 0 Å². The van der Waals surface area contributed by atoms with Crippen LogP contribution in [0.4, 0.5) is 5.69 Å². The molecule has 6 heteroatoms. The lowest BCUT2D eigenvalue weighted by Gasteiger charge is -2.36. The Morgan fingerprint density at radius 2 is 2.05 bits per heavy atom. The van der Waals surface area contributed by atoms with Gasteiger partial charge < -0.3 is 9.64 Å². The third-order valence-corrected chi connectivity index (χ3v) is 4.06. The number of carbonyl (C=O) groups excluding carboxylic acids is 2. The Balaban J connectivity index is 2.00. The number of ether oxygens (including phenoxy) is 1. The predicted molar refractivity (Wildman–Crippen MR) is 83.2 cm³/mol. The molecule has 0 radical (unpaired) electrons. The fourth-order valence-electron chi connectivity index (χ4n) is 2.81. The maximum absolute atomic E-state index is 12.6. The summed E-state index contributed by atoms with van der Waals surface area (Å²) in [5.74, 6) is 0.351. The van der Waals surface area contributed by atoms with Gasteiger partial charge in [0, 0.05) is 13.5 Å². The number of hydrogen-bond acceptors (Lipinski definition) is 5. The number of nitrogens with zero attached hydrogens (tertiary/aromatic N) is 3. The average molecular weight is 301 g/mol. The molecule has 116 valence electrons. The summed E-state index contributed by atoms with van der Waals surface area (Å²) in [7, 11) is 0. The van der Waals surface area contributed by atoms with Crippen LogP contribution in [-0.4, -0.2) is 49.0 Å². The van der Waals surface area contributed by atoms with Gasteiger partial charge in [0.15, 0.2) is 0 Å². The first-order valence-electron chi connectivity index (χ1n) is 7.37. The zero-order valence-electron chi connectivity index (χ0n) is 13.0. The van der Waals surface area contributed by atoms with E-state index in [1.54, 1.807) is 4.90 Å². The molecule has 0 saturated carbocycles. The van der Waals surface area contributed by atoms with Crippen LogP contribution in [-0.2, 0) is 9.53 Å². The Morgan fingerprint density at radius 3 is 2.77 bits per heavy atom. The van der Waals surface area contributed by atoms with Gasteiger partial charge in [-0.05, 0) is 37.1 Å². The number of benzene rings is 1. The molecular formula is C16H19N3O3. The van der Waals surface area contributed by atoms with Gasteiger partial charge in [0.1, 0.15) is 6.61 Å². The fraction of sp³-hybridized carbons (Fsp3) is 0.438. The molecule has 0 saturated heterocycles. The number of hydrogen-bond donors (Lipinski definition) is 0. The Kier molecular flexibility index (Phi) is 3.60. The van der Waals surface area contributed by atoms with E-state index in [1.165, 1.54) is 6.92 Å². The second-order valence-corrected chi connectivity index (χ2v) is 5.58. The van der Waals surface area contributed by atoms with Crippen molar-refractivity contribution in [3.8, 4) is 0 Å². The van der Waals surface area contributed by atoms with Crippen LogP contribution in [0.2, 0.25) is 0 Å². The van der Waals surface area contributed by atoms with Gasteiger partial charge in [-0.15, -0.1) is 0 Å². The zero-order valence-corrected chi connectivity index (χ0v) is 13.0. The number of esters is 1. The molecule has 3 rings (SSSR count). The highest BCUT2D eigenvalue weighted by atomic mass is 16.5. The van der Waals surface area contributed by atoms with Crippen molar-refractivity contribution in [3.63, 3.8) is 0 Å². The Morgan fingerprint density at radius 1 is 1.32 bits per heavy atom. The standard InChI is InChI=1S/C16H19N3O3/c1-10-8-13-14(9-11(10)2)18(6-7-22-12(3)20)16-17-4-5-19(16)15(13)21/h8-9H,4-7H2,1-3H3. The highest BCUT2D eigenvalue weighted by Gasteiger charge is 2.37. The van der Waals surface area contributed by atoms with Crippen molar-refractivity contribution in [1.82, 2.24) is 4.90 Å². The first-order valence-corrected chi connectivity index (χ1v) is 7.37. The first-order chi connectivity index (χ1) is 10.5. The maximum Gasteiger partial charge on any atom is 0.302 e. The molecule has 0 unspecified atom stereocenters. The quantitative estimate of drug-likeness (QED) is 0.794. The smallest absolute Gasteiger partial charge is 0.302 e. The van der Waals surface area contributed by atoms with Gasteiger partial charge >= 0.3 is 5.97 Å². The van der Waals surface area contributed by atoms with Gasteiger partial charge in [0.05, 0.1) is 24.3 Å². The summed E-state index contributed by atoms with van der Waals surface area (Å²) in [6.07, 6.45) is 0.